The summed E-state index contributed by atoms with van der Waals surface area (Å²) in [6.07, 6.45) is 8.26. The van der Waals surface area contributed by atoms with Gasteiger partial charge >= 0.3 is 0 Å². The van der Waals surface area contributed by atoms with Crippen LogP contribution in [0.1, 0.15) is 64.5 Å². The molecular weight excluding hydrogens is 284 g/mol. The molecule has 0 spiro atoms. The van der Waals surface area contributed by atoms with Crippen molar-refractivity contribution in [3.63, 3.8) is 0 Å². The van der Waals surface area contributed by atoms with Gasteiger partial charge in [-0.15, -0.1) is 0 Å². The van der Waals surface area contributed by atoms with Gasteiger partial charge in [0, 0.05) is 0 Å². The molecule has 0 heterocycles. The first-order valence-electron chi connectivity index (χ1n) is 8.98. The first-order valence-corrected chi connectivity index (χ1v) is 8.98. The summed E-state index contributed by atoms with van der Waals surface area (Å²) >= 11 is 0. The Morgan fingerprint density at radius 3 is 2.70 bits per heavy atom. The molecule has 0 saturated carbocycles. The number of methoxy groups -OCH3 is 1. The van der Waals surface area contributed by atoms with Crippen LogP contribution in [0.3, 0.4) is 0 Å². The molecular formula is C21H32O2. The van der Waals surface area contributed by atoms with Crippen LogP contribution in [-0.2, 0) is 11.2 Å². The van der Waals surface area contributed by atoms with E-state index in [-0.39, 0.29) is 5.60 Å². The Hall–Kier alpha value is -1.28. The number of rotatable bonds is 8. The maximum absolute atomic E-state index is 6.29. The maximum Gasteiger partial charge on any atom is 0.119 e. The molecule has 2 heteroatoms. The van der Waals surface area contributed by atoms with Crippen molar-refractivity contribution in [2.75, 3.05) is 13.7 Å². The molecule has 1 aromatic rings. The van der Waals surface area contributed by atoms with E-state index in [1.54, 1.807) is 7.11 Å². The monoisotopic (exact) mass is 316 g/mol. The van der Waals surface area contributed by atoms with Gasteiger partial charge in [-0.05, 0) is 67.9 Å². The van der Waals surface area contributed by atoms with Crippen LogP contribution in [0.15, 0.2) is 23.8 Å². The smallest absolute Gasteiger partial charge is 0.119 e. The van der Waals surface area contributed by atoms with Crippen LogP contribution in [0.5, 0.6) is 5.75 Å². The number of hydrogen-bond acceptors (Lipinski definition) is 2. The number of unbranched alkanes of at least 4 members (excludes halogenated alkanes) is 1. The molecule has 2 rings (SSSR count). The van der Waals surface area contributed by atoms with Crippen molar-refractivity contribution in [3.8, 4) is 5.75 Å². The Labute approximate surface area is 141 Å². The predicted octanol–water partition coefficient (Wildman–Crippen LogP) is 5.65. The lowest BCUT2D eigenvalue weighted by atomic mass is 9.84. The summed E-state index contributed by atoms with van der Waals surface area (Å²) in [5.41, 5.74) is 3.90. The van der Waals surface area contributed by atoms with Crippen LogP contribution in [0, 0.1) is 5.92 Å². The average Bonchev–Trinajstić information content (AvgIpc) is 2.57. The number of ether oxygens (including phenoxy) is 2. The zero-order chi connectivity index (χ0) is 16.9. The lowest BCUT2D eigenvalue weighted by Gasteiger charge is -2.32. The van der Waals surface area contributed by atoms with Crippen LogP contribution in [-0.4, -0.2) is 19.3 Å². The Bertz CT molecular complexity index is 543. The topological polar surface area (TPSA) is 18.5 Å². The standard InChI is InChI=1S/C21H32O2/c1-6-7-8-16(2)15-23-21(3,4)19-11-9-18-14-20(22-5)12-10-17(18)13-19/h10,12-14,16H,6-9,11,15H2,1-5H3. The van der Waals surface area contributed by atoms with E-state index >= 15 is 0 Å². The molecule has 1 aliphatic rings. The molecule has 23 heavy (non-hydrogen) atoms. The first kappa shape index (κ1) is 18.1. The van der Waals surface area contributed by atoms with Gasteiger partial charge in [0.1, 0.15) is 5.75 Å². The highest BCUT2D eigenvalue weighted by molar-refractivity contribution is 5.62. The highest BCUT2D eigenvalue weighted by atomic mass is 16.5. The van der Waals surface area contributed by atoms with E-state index in [2.05, 4.69) is 45.9 Å². The van der Waals surface area contributed by atoms with Gasteiger partial charge in [0.25, 0.3) is 0 Å². The summed E-state index contributed by atoms with van der Waals surface area (Å²) in [6, 6.07) is 6.36. The second-order valence-electron chi connectivity index (χ2n) is 7.30. The minimum absolute atomic E-state index is 0.182. The maximum atomic E-state index is 6.29. The lowest BCUT2D eigenvalue weighted by molar-refractivity contribution is -0.00986. The van der Waals surface area contributed by atoms with Gasteiger partial charge in [-0.3, -0.25) is 0 Å². The average molecular weight is 316 g/mol. The van der Waals surface area contributed by atoms with Crippen molar-refractivity contribution >= 4 is 6.08 Å². The molecule has 0 aliphatic heterocycles. The summed E-state index contributed by atoms with van der Waals surface area (Å²) in [6.45, 7) is 9.80. The quantitative estimate of drug-likeness (QED) is 0.617. The zero-order valence-corrected chi connectivity index (χ0v) is 15.4. The van der Waals surface area contributed by atoms with Crippen LogP contribution < -0.4 is 4.74 Å². The molecule has 2 nitrogen and oxygen atoms in total. The molecule has 1 aromatic carbocycles. The summed E-state index contributed by atoms with van der Waals surface area (Å²) in [5.74, 6) is 1.58. The largest absolute Gasteiger partial charge is 0.497 e. The molecule has 0 N–H and O–H groups in total. The third kappa shape index (κ3) is 4.84. The molecule has 0 radical (unpaired) electrons. The molecule has 0 saturated heterocycles. The lowest BCUT2D eigenvalue weighted by Crippen LogP contribution is -2.30. The first-order chi connectivity index (χ1) is 11.0. The minimum atomic E-state index is -0.182. The van der Waals surface area contributed by atoms with Gasteiger partial charge in [-0.2, -0.15) is 0 Å². The van der Waals surface area contributed by atoms with Crippen LogP contribution in [0.25, 0.3) is 6.08 Å². The molecule has 0 bridgehead atoms. The molecule has 128 valence electrons. The van der Waals surface area contributed by atoms with E-state index in [9.17, 15) is 0 Å². The molecule has 1 atom stereocenters. The zero-order valence-electron chi connectivity index (χ0n) is 15.4. The Morgan fingerprint density at radius 2 is 2.00 bits per heavy atom. The number of fused-ring (bicyclic) bond motifs is 1. The van der Waals surface area contributed by atoms with Crippen molar-refractivity contribution < 1.29 is 9.47 Å². The van der Waals surface area contributed by atoms with E-state index in [1.165, 1.54) is 36.0 Å². The number of benzene rings is 1. The SMILES string of the molecule is CCCCC(C)COC(C)(C)C1=Cc2ccc(OC)cc2CC1. The van der Waals surface area contributed by atoms with E-state index in [4.69, 9.17) is 9.47 Å². The highest BCUT2D eigenvalue weighted by Gasteiger charge is 2.27. The number of hydrogen-bond donors (Lipinski definition) is 0. The molecule has 1 aliphatic carbocycles. The van der Waals surface area contributed by atoms with Gasteiger partial charge in [0.2, 0.25) is 0 Å². The third-order valence-corrected chi connectivity index (χ3v) is 4.90. The van der Waals surface area contributed by atoms with Crippen molar-refractivity contribution in [2.24, 2.45) is 5.92 Å². The van der Waals surface area contributed by atoms with Gasteiger partial charge < -0.3 is 9.47 Å². The molecule has 1 unspecified atom stereocenters. The summed E-state index contributed by atoms with van der Waals surface area (Å²) in [5, 5.41) is 0. The van der Waals surface area contributed by atoms with Gasteiger partial charge in [0.05, 0.1) is 19.3 Å². The normalized spacial score (nSPS) is 15.8. The number of aryl methyl sites for hydroxylation is 1. The van der Waals surface area contributed by atoms with Crippen LogP contribution >= 0.6 is 0 Å². The van der Waals surface area contributed by atoms with Crippen LogP contribution in [0.2, 0.25) is 0 Å². The summed E-state index contributed by atoms with van der Waals surface area (Å²) < 4.78 is 11.6. The highest BCUT2D eigenvalue weighted by Crippen LogP contribution is 2.34. The molecule has 0 fully saturated rings. The fourth-order valence-electron chi connectivity index (χ4n) is 3.15. The van der Waals surface area contributed by atoms with E-state index in [0.29, 0.717) is 5.92 Å². The fraction of sp³-hybridized carbons (Fsp3) is 0.619. The Kier molecular flexibility index (Phi) is 6.29. The molecule has 0 amide bonds. The summed E-state index contributed by atoms with van der Waals surface area (Å²) in [4.78, 5) is 0. The Balaban J connectivity index is 2.03. The van der Waals surface area contributed by atoms with Crippen molar-refractivity contribution in [2.45, 2.75) is 65.4 Å². The van der Waals surface area contributed by atoms with Gasteiger partial charge in [-0.25, -0.2) is 0 Å². The second-order valence-corrected chi connectivity index (χ2v) is 7.30. The van der Waals surface area contributed by atoms with Crippen molar-refractivity contribution in [1.82, 2.24) is 0 Å². The Morgan fingerprint density at radius 1 is 1.22 bits per heavy atom. The van der Waals surface area contributed by atoms with Gasteiger partial charge in [-0.1, -0.05) is 38.8 Å². The van der Waals surface area contributed by atoms with E-state index < -0.39 is 0 Å². The second kappa shape index (κ2) is 8.01. The van der Waals surface area contributed by atoms with E-state index in [0.717, 1.165) is 25.2 Å². The van der Waals surface area contributed by atoms with Crippen LogP contribution in [0.4, 0.5) is 0 Å². The third-order valence-electron chi connectivity index (χ3n) is 4.90. The van der Waals surface area contributed by atoms with Crippen molar-refractivity contribution in [1.29, 1.82) is 0 Å². The van der Waals surface area contributed by atoms with Gasteiger partial charge in [0.15, 0.2) is 0 Å². The summed E-state index contributed by atoms with van der Waals surface area (Å²) in [7, 11) is 1.72. The van der Waals surface area contributed by atoms with Crippen molar-refractivity contribution in [3.05, 3.63) is 34.9 Å². The predicted molar refractivity (Wildman–Crippen MR) is 98.0 cm³/mol. The fourth-order valence-corrected chi connectivity index (χ4v) is 3.15. The minimum Gasteiger partial charge on any atom is -0.497 e. The van der Waals surface area contributed by atoms with E-state index in [1.807, 2.05) is 6.07 Å². The molecule has 0 aromatic heterocycles.